The molecule has 2 amide bonds. The molecule has 11 heteroatoms. The SMILES string of the molecule is NC(=O)C12C(=O)CN(S(=O)(=O)Cc3cccnc3)C1CCN2C(=O)[CH]Cc1cccc(O)c1. The molecule has 3 heterocycles. The average molecular weight is 472 g/mol. The summed E-state index contributed by atoms with van der Waals surface area (Å²) in [6.07, 6.45) is 4.48. The first-order valence-electron chi connectivity index (χ1n) is 10.3. The zero-order valence-corrected chi connectivity index (χ0v) is 18.4. The lowest BCUT2D eigenvalue weighted by Crippen LogP contribution is -2.64. The highest BCUT2D eigenvalue weighted by Crippen LogP contribution is 2.41. The van der Waals surface area contributed by atoms with Crippen molar-refractivity contribution in [3.05, 3.63) is 66.3 Å². The van der Waals surface area contributed by atoms with Gasteiger partial charge in [-0.15, -0.1) is 0 Å². The number of fused-ring (bicyclic) bond motifs is 1. The minimum Gasteiger partial charge on any atom is -0.508 e. The molecule has 2 aromatic rings. The van der Waals surface area contributed by atoms with Crippen molar-refractivity contribution in [3.63, 3.8) is 0 Å². The number of aromatic hydroxyl groups is 1. The molecule has 10 nitrogen and oxygen atoms in total. The van der Waals surface area contributed by atoms with Crippen LogP contribution in [0.25, 0.3) is 0 Å². The summed E-state index contributed by atoms with van der Waals surface area (Å²) in [5.41, 5.74) is 4.69. The first-order chi connectivity index (χ1) is 15.7. The number of carbonyl (C=O) groups is 3. The van der Waals surface area contributed by atoms with Gasteiger partial charge in [-0.2, -0.15) is 4.31 Å². The summed E-state index contributed by atoms with van der Waals surface area (Å²) in [5.74, 6) is -2.71. The number of amides is 2. The van der Waals surface area contributed by atoms with Crippen LogP contribution >= 0.6 is 0 Å². The number of likely N-dealkylation sites (tertiary alicyclic amines) is 1. The maximum atomic E-state index is 13.1. The molecule has 173 valence electrons. The molecule has 0 saturated carbocycles. The number of aromatic nitrogens is 1. The van der Waals surface area contributed by atoms with Crippen LogP contribution in [-0.2, 0) is 36.6 Å². The highest BCUT2D eigenvalue weighted by Gasteiger charge is 2.68. The van der Waals surface area contributed by atoms with Gasteiger partial charge in [0.25, 0.3) is 5.91 Å². The number of phenolic OH excluding ortho intramolecular Hbond substituents is 1. The molecule has 2 aliphatic rings. The van der Waals surface area contributed by atoms with Crippen molar-refractivity contribution in [2.24, 2.45) is 5.73 Å². The van der Waals surface area contributed by atoms with Crippen LogP contribution in [0.3, 0.4) is 0 Å². The standard InChI is InChI=1S/C22H23N4O6S/c23-21(30)22-18(8-10-25(22)20(29)7-6-15-3-1-5-17(27)11-15)26(13-19(22)28)33(31,32)14-16-4-2-9-24-12-16/h1-5,7,9,11-12,18,27H,6,8,10,13-14H2,(H2,23,30). The van der Waals surface area contributed by atoms with Crippen molar-refractivity contribution in [1.82, 2.24) is 14.2 Å². The van der Waals surface area contributed by atoms with Crippen LogP contribution in [0, 0.1) is 6.42 Å². The van der Waals surface area contributed by atoms with Crippen LogP contribution in [0.15, 0.2) is 48.8 Å². The molecule has 1 radical (unpaired) electrons. The number of hydrogen-bond donors (Lipinski definition) is 2. The first kappa shape index (κ1) is 22.9. The second kappa shape index (κ2) is 8.56. The molecule has 1 aromatic carbocycles. The van der Waals surface area contributed by atoms with Gasteiger partial charge in [0.15, 0.2) is 11.3 Å². The summed E-state index contributed by atoms with van der Waals surface area (Å²) in [7, 11) is -3.99. The lowest BCUT2D eigenvalue weighted by molar-refractivity contribution is -0.147. The molecule has 4 rings (SSSR count). The average Bonchev–Trinajstić information content (AvgIpc) is 3.30. The van der Waals surface area contributed by atoms with Crippen molar-refractivity contribution in [2.45, 2.75) is 30.2 Å². The van der Waals surface area contributed by atoms with Crippen molar-refractivity contribution in [1.29, 1.82) is 0 Å². The molecule has 0 bridgehead atoms. The van der Waals surface area contributed by atoms with E-state index in [4.69, 9.17) is 5.73 Å². The molecule has 2 fully saturated rings. The molecule has 2 aliphatic heterocycles. The number of phenols is 1. The van der Waals surface area contributed by atoms with Gasteiger partial charge >= 0.3 is 0 Å². The topological polar surface area (TPSA) is 151 Å². The number of Topliss-reactive ketones (excluding diaryl/α,β-unsaturated/α-hetero) is 1. The number of nitrogens with zero attached hydrogens (tertiary/aromatic N) is 3. The summed E-state index contributed by atoms with van der Waals surface area (Å²) in [6, 6.07) is 8.47. The van der Waals surface area contributed by atoms with E-state index >= 15 is 0 Å². The third kappa shape index (κ3) is 3.98. The van der Waals surface area contributed by atoms with Crippen LogP contribution in [0.1, 0.15) is 17.5 Å². The van der Waals surface area contributed by atoms with Crippen molar-refractivity contribution >= 4 is 27.6 Å². The number of benzene rings is 1. The number of ketones is 1. The second-order valence-corrected chi connectivity index (χ2v) is 10.0. The first-order valence-corrected chi connectivity index (χ1v) is 11.9. The van der Waals surface area contributed by atoms with E-state index in [9.17, 15) is 27.9 Å². The Labute approximate surface area is 191 Å². The van der Waals surface area contributed by atoms with Gasteiger partial charge < -0.3 is 15.7 Å². The number of sulfonamides is 1. The number of nitrogens with two attached hydrogens (primary N) is 1. The van der Waals surface area contributed by atoms with Crippen LogP contribution in [0.2, 0.25) is 0 Å². The number of pyridine rings is 1. The summed E-state index contributed by atoms with van der Waals surface area (Å²) < 4.78 is 27.3. The number of hydrogen-bond acceptors (Lipinski definition) is 7. The summed E-state index contributed by atoms with van der Waals surface area (Å²) in [5, 5.41) is 9.59. The van der Waals surface area contributed by atoms with Gasteiger partial charge in [0.05, 0.1) is 24.8 Å². The van der Waals surface area contributed by atoms with Gasteiger partial charge in [0.2, 0.25) is 15.9 Å². The Kier molecular flexibility index (Phi) is 5.93. The van der Waals surface area contributed by atoms with Crippen LogP contribution in [-0.4, -0.2) is 70.0 Å². The van der Waals surface area contributed by atoms with Crippen LogP contribution in [0.4, 0.5) is 0 Å². The summed E-state index contributed by atoms with van der Waals surface area (Å²) in [4.78, 5) is 43.7. The Bertz CT molecular complexity index is 1200. The maximum Gasteiger partial charge on any atom is 0.252 e. The number of carbonyl (C=O) groups excluding carboxylic acids is 3. The minimum atomic E-state index is -3.99. The van der Waals surface area contributed by atoms with Crippen molar-refractivity contribution < 1.29 is 27.9 Å². The third-order valence-electron chi connectivity index (χ3n) is 6.10. The monoisotopic (exact) mass is 471 g/mol. The number of primary amides is 1. The Hall–Kier alpha value is -3.31. The molecule has 2 unspecified atom stereocenters. The molecule has 33 heavy (non-hydrogen) atoms. The quantitative estimate of drug-likeness (QED) is 0.530. The zero-order valence-electron chi connectivity index (χ0n) is 17.6. The van der Waals surface area contributed by atoms with Gasteiger partial charge in [-0.05, 0) is 42.2 Å². The molecule has 2 saturated heterocycles. The Morgan fingerprint density at radius 3 is 2.67 bits per heavy atom. The predicted molar refractivity (Wildman–Crippen MR) is 117 cm³/mol. The smallest absolute Gasteiger partial charge is 0.252 e. The predicted octanol–water partition coefficient (Wildman–Crippen LogP) is -0.226. The molecule has 2 atom stereocenters. The third-order valence-corrected chi connectivity index (χ3v) is 7.90. The maximum absolute atomic E-state index is 13.1. The Balaban J connectivity index is 1.58. The number of rotatable bonds is 7. The van der Waals surface area contributed by atoms with E-state index in [1.54, 1.807) is 24.3 Å². The summed E-state index contributed by atoms with van der Waals surface area (Å²) >= 11 is 0. The van der Waals surface area contributed by atoms with E-state index in [1.807, 2.05) is 0 Å². The molecule has 0 aliphatic carbocycles. The van der Waals surface area contributed by atoms with E-state index in [0.29, 0.717) is 11.1 Å². The van der Waals surface area contributed by atoms with Crippen molar-refractivity contribution in [2.75, 3.05) is 13.1 Å². The van der Waals surface area contributed by atoms with E-state index in [-0.39, 0.29) is 25.1 Å². The molecule has 1 aromatic heterocycles. The van der Waals surface area contributed by atoms with Crippen molar-refractivity contribution in [3.8, 4) is 5.75 Å². The highest BCUT2D eigenvalue weighted by atomic mass is 32.2. The Morgan fingerprint density at radius 1 is 1.24 bits per heavy atom. The lowest BCUT2D eigenvalue weighted by atomic mass is 9.89. The van der Waals surface area contributed by atoms with Crippen LogP contribution < -0.4 is 5.73 Å². The van der Waals surface area contributed by atoms with E-state index in [1.165, 1.54) is 30.9 Å². The second-order valence-electron chi connectivity index (χ2n) is 8.09. The van der Waals surface area contributed by atoms with Crippen LogP contribution in [0.5, 0.6) is 5.75 Å². The van der Waals surface area contributed by atoms with Gasteiger partial charge in [-0.25, -0.2) is 8.42 Å². The normalized spacial score (nSPS) is 23.0. The molecule has 0 spiro atoms. The van der Waals surface area contributed by atoms with E-state index in [0.717, 1.165) is 9.21 Å². The highest BCUT2D eigenvalue weighted by molar-refractivity contribution is 7.88. The fourth-order valence-electron chi connectivity index (χ4n) is 4.66. The van der Waals surface area contributed by atoms with Gasteiger partial charge in [-0.1, -0.05) is 18.2 Å². The van der Waals surface area contributed by atoms with Gasteiger partial charge in [0.1, 0.15) is 5.75 Å². The molecular formula is C22H23N4O6S. The largest absolute Gasteiger partial charge is 0.508 e. The van der Waals surface area contributed by atoms with E-state index < -0.39 is 51.5 Å². The molecule has 3 N–H and O–H groups in total. The molecular weight excluding hydrogens is 448 g/mol. The van der Waals surface area contributed by atoms with E-state index in [2.05, 4.69) is 4.98 Å². The summed E-state index contributed by atoms with van der Waals surface area (Å²) in [6.45, 7) is -0.528. The van der Waals surface area contributed by atoms with Gasteiger partial charge in [-0.3, -0.25) is 19.4 Å². The fraction of sp³-hybridized carbons (Fsp3) is 0.318. The zero-order chi connectivity index (χ0) is 23.8. The minimum absolute atomic E-state index is 0.00757. The fourth-order valence-corrected chi connectivity index (χ4v) is 6.38. The lowest BCUT2D eigenvalue weighted by Gasteiger charge is -2.34. The Morgan fingerprint density at radius 2 is 2.00 bits per heavy atom. The van der Waals surface area contributed by atoms with Gasteiger partial charge in [0, 0.05) is 18.9 Å².